The van der Waals surface area contributed by atoms with Crippen molar-refractivity contribution in [3.8, 4) is 0 Å². The van der Waals surface area contributed by atoms with Crippen molar-refractivity contribution >= 4 is 11.6 Å². The SMILES string of the molecule is CC1=CC(=O)C2(CCCCC2)C1C(=O)c1ccc(F)cc1. The Balaban J connectivity index is 1.98. The molecule has 2 aliphatic rings. The predicted molar refractivity (Wildman–Crippen MR) is 78.5 cm³/mol. The molecular weight excluding hydrogens is 267 g/mol. The molecule has 1 atom stereocenters. The number of hydrogen-bond acceptors (Lipinski definition) is 2. The van der Waals surface area contributed by atoms with Crippen LogP contribution in [0.1, 0.15) is 49.4 Å². The number of Topliss-reactive ketones (excluding diaryl/α,β-unsaturated/α-hetero) is 1. The molecule has 1 fully saturated rings. The van der Waals surface area contributed by atoms with Gasteiger partial charge in [0.2, 0.25) is 0 Å². The lowest BCUT2D eigenvalue weighted by atomic mass is 9.63. The van der Waals surface area contributed by atoms with Crippen molar-refractivity contribution in [3.05, 3.63) is 47.3 Å². The molecule has 0 aliphatic heterocycles. The topological polar surface area (TPSA) is 34.1 Å². The Morgan fingerprint density at radius 1 is 1.14 bits per heavy atom. The summed E-state index contributed by atoms with van der Waals surface area (Å²) in [6, 6.07) is 5.64. The van der Waals surface area contributed by atoms with Crippen molar-refractivity contribution in [1.29, 1.82) is 0 Å². The fourth-order valence-electron chi connectivity index (χ4n) is 3.97. The van der Waals surface area contributed by atoms with Crippen LogP contribution < -0.4 is 0 Å². The molecule has 0 heterocycles. The molecule has 3 rings (SSSR count). The molecule has 0 bridgehead atoms. The molecule has 0 N–H and O–H groups in total. The summed E-state index contributed by atoms with van der Waals surface area (Å²) in [5.41, 5.74) is 0.818. The maximum absolute atomic E-state index is 13.0. The van der Waals surface area contributed by atoms with Crippen molar-refractivity contribution in [1.82, 2.24) is 0 Å². The van der Waals surface area contributed by atoms with E-state index < -0.39 is 5.41 Å². The molecule has 2 nitrogen and oxygen atoms in total. The van der Waals surface area contributed by atoms with Crippen LogP contribution in [0.5, 0.6) is 0 Å². The molecule has 2 aliphatic carbocycles. The third-order valence-electron chi connectivity index (χ3n) is 4.99. The average molecular weight is 286 g/mol. The first-order chi connectivity index (χ1) is 10.0. The number of hydrogen-bond donors (Lipinski definition) is 0. The van der Waals surface area contributed by atoms with Crippen molar-refractivity contribution < 1.29 is 14.0 Å². The molecule has 0 radical (unpaired) electrons. The van der Waals surface area contributed by atoms with Gasteiger partial charge < -0.3 is 0 Å². The van der Waals surface area contributed by atoms with Crippen LogP contribution in [0.3, 0.4) is 0 Å². The van der Waals surface area contributed by atoms with Crippen LogP contribution in [-0.2, 0) is 4.79 Å². The third kappa shape index (κ3) is 2.25. The van der Waals surface area contributed by atoms with Crippen LogP contribution >= 0.6 is 0 Å². The van der Waals surface area contributed by atoms with Gasteiger partial charge in [-0.1, -0.05) is 24.8 Å². The van der Waals surface area contributed by atoms with Crippen LogP contribution in [0.4, 0.5) is 4.39 Å². The summed E-state index contributed by atoms with van der Waals surface area (Å²) in [5, 5.41) is 0. The lowest BCUT2D eigenvalue weighted by molar-refractivity contribution is -0.125. The molecule has 3 heteroatoms. The lowest BCUT2D eigenvalue weighted by Gasteiger charge is -2.37. The number of allylic oxidation sites excluding steroid dienone is 2. The van der Waals surface area contributed by atoms with E-state index in [9.17, 15) is 14.0 Å². The van der Waals surface area contributed by atoms with Crippen molar-refractivity contribution in [2.24, 2.45) is 11.3 Å². The number of carbonyl (C=O) groups excluding carboxylic acids is 2. The van der Waals surface area contributed by atoms with Crippen molar-refractivity contribution in [2.75, 3.05) is 0 Å². The first-order valence-corrected chi connectivity index (χ1v) is 7.57. The highest BCUT2D eigenvalue weighted by Gasteiger charge is 2.52. The summed E-state index contributed by atoms with van der Waals surface area (Å²) in [6.07, 6.45) is 6.36. The monoisotopic (exact) mass is 286 g/mol. The Morgan fingerprint density at radius 3 is 2.38 bits per heavy atom. The molecule has 0 saturated heterocycles. The highest BCUT2D eigenvalue weighted by atomic mass is 19.1. The van der Waals surface area contributed by atoms with Gasteiger partial charge in [-0.05, 0) is 50.1 Å². The smallest absolute Gasteiger partial charge is 0.170 e. The van der Waals surface area contributed by atoms with Gasteiger partial charge in [0.25, 0.3) is 0 Å². The largest absolute Gasteiger partial charge is 0.294 e. The minimum Gasteiger partial charge on any atom is -0.294 e. The zero-order chi connectivity index (χ0) is 15.0. The maximum atomic E-state index is 13.0. The first-order valence-electron chi connectivity index (χ1n) is 7.57. The first kappa shape index (κ1) is 14.2. The molecule has 110 valence electrons. The third-order valence-corrected chi connectivity index (χ3v) is 4.99. The Labute approximate surface area is 124 Å². The van der Waals surface area contributed by atoms with E-state index in [1.165, 1.54) is 24.3 Å². The fourth-order valence-corrected chi connectivity index (χ4v) is 3.97. The Kier molecular flexibility index (Phi) is 3.52. The average Bonchev–Trinajstić information content (AvgIpc) is 2.71. The minimum atomic E-state index is -0.534. The second-order valence-corrected chi connectivity index (χ2v) is 6.27. The quantitative estimate of drug-likeness (QED) is 0.767. The molecule has 0 amide bonds. The summed E-state index contributed by atoms with van der Waals surface area (Å²) >= 11 is 0. The molecule has 1 aromatic carbocycles. The Morgan fingerprint density at radius 2 is 1.76 bits per heavy atom. The normalized spacial score (nSPS) is 24.2. The number of benzene rings is 1. The van der Waals surface area contributed by atoms with E-state index >= 15 is 0 Å². The molecule has 1 spiro atoms. The second-order valence-electron chi connectivity index (χ2n) is 6.27. The molecule has 21 heavy (non-hydrogen) atoms. The van der Waals surface area contributed by atoms with Crippen LogP contribution in [0.15, 0.2) is 35.9 Å². The highest BCUT2D eigenvalue weighted by molar-refractivity contribution is 6.09. The Hall–Kier alpha value is -1.77. The van der Waals surface area contributed by atoms with Gasteiger partial charge in [0.05, 0.1) is 5.92 Å². The van der Waals surface area contributed by atoms with Crippen molar-refractivity contribution in [3.63, 3.8) is 0 Å². The van der Waals surface area contributed by atoms with E-state index in [4.69, 9.17) is 0 Å². The van der Waals surface area contributed by atoms with Crippen molar-refractivity contribution in [2.45, 2.75) is 39.0 Å². The van der Waals surface area contributed by atoms with Gasteiger partial charge in [0, 0.05) is 11.0 Å². The summed E-state index contributed by atoms with van der Waals surface area (Å²) in [5.74, 6) is -0.652. The van der Waals surface area contributed by atoms with Gasteiger partial charge in [-0.2, -0.15) is 0 Å². The molecule has 0 aromatic heterocycles. The number of ketones is 2. The van der Waals surface area contributed by atoms with E-state index in [0.717, 1.165) is 37.7 Å². The van der Waals surface area contributed by atoms with E-state index in [0.29, 0.717) is 5.56 Å². The number of rotatable bonds is 2. The number of halogens is 1. The second kappa shape index (κ2) is 5.21. The van der Waals surface area contributed by atoms with Crippen LogP contribution in [0.2, 0.25) is 0 Å². The fraction of sp³-hybridized carbons (Fsp3) is 0.444. The summed E-state index contributed by atoms with van der Waals surface area (Å²) in [6.45, 7) is 1.87. The molecule has 1 aromatic rings. The van der Waals surface area contributed by atoms with E-state index in [1.54, 1.807) is 6.08 Å². The highest BCUT2D eigenvalue weighted by Crippen LogP contribution is 2.51. The minimum absolute atomic E-state index is 0.0449. The summed E-state index contributed by atoms with van der Waals surface area (Å²) in [4.78, 5) is 25.3. The van der Waals surface area contributed by atoms with Gasteiger partial charge in [-0.3, -0.25) is 9.59 Å². The zero-order valence-electron chi connectivity index (χ0n) is 12.2. The van der Waals surface area contributed by atoms with E-state index in [2.05, 4.69) is 0 Å². The maximum Gasteiger partial charge on any atom is 0.170 e. The number of carbonyl (C=O) groups is 2. The van der Waals surface area contributed by atoms with Gasteiger partial charge in [0.1, 0.15) is 5.82 Å². The lowest BCUT2D eigenvalue weighted by Crippen LogP contribution is -2.40. The molecule has 1 saturated carbocycles. The predicted octanol–water partition coefficient (Wildman–Crippen LogP) is 4.10. The van der Waals surface area contributed by atoms with Gasteiger partial charge in [-0.15, -0.1) is 0 Å². The van der Waals surface area contributed by atoms with Crippen LogP contribution in [-0.4, -0.2) is 11.6 Å². The van der Waals surface area contributed by atoms with Gasteiger partial charge in [0.15, 0.2) is 11.6 Å². The van der Waals surface area contributed by atoms with Gasteiger partial charge >= 0.3 is 0 Å². The molecular formula is C18H19FO2. The Bertz CT molecular complexity index is 607. The van der Waals surface area contributed by atoms with E-state index in [1.807, 2.05) is 6.92 Å². The van der Waals surface area contributed by atoms with Gasteiger partial charge in [-0.25, -0.2) is 4.39 Å². The standard InChI is InChI=1S/C18H19FO2/c1-12-11-15(20)18(9-3-2-4-10-18)16(12)17(21)13-5-7-14(19)8-6-13/h5-8,11,16H,2-4,9-10H2,1H3. The zero-order valence-corrected chi connectivity index (χ0v) is 12.2. The summed E-state index contributed by atoms with van der Waals surface area (Å²) in [7, 11) is 0. The summed E-state index contributed by atoms with van der Waals surface area (Å²) < 4.78 is 13.0. The van der Waals surface area contributed by atoms with Crippen LogP contribution in [0, 0.1) is 17.2 Å². The van der Waals surface area contributed by atoms with Crippen LogP contribution in [0.25, 0.3) is 0 Å². The van der Waals surface area contributed by atoms with E-state index in [-0.39, 0.29) is 23.3 Å². The molecule has 1 unspecified atom stereocenters.